The van der Waals surface area contributed by atoms with Gasteiger partial charge in [0.1, 0.15) is 11.6 Å². The molecule has 0 atom stereocenters. The summed E-state index contributed by atoms with van der Waals surface area (Å²) in [4.78, 5) is 15.1. The van der Waals surface area contributed by atoms with Crippen molar-refractivity contribution < 1.29 is 0 Å². The van der Waals surface area contributed by atoms with Crippen molar-refractivity contribution in [1.29, 1.82) is 0 Å². The predicted molar refractivity (Wildman–Crippen MR) is 69.1 cm³/mol. The Kier molecular flexibility index (Phi) is 3.04. The number of aryl methyl sites for hydroxylation is 2. The summed E-state index contributed by atoms with van der Waals surface area (Å²) in [5.41, 5.74) is 3.08. The molecule has 0 aliphatic heterocycles. The van der Waals surface area contributed by atoms with Crippen LogP contribution in [-0.2, 0) is 0 Å². The van der Waals surface area contributed by atoms with E-state index in [0.29, 0.717) is 0 Å². The molecule has 0 unspecified atom stereocenters. The minimum atomic E-state index is 0.791. The zero-order chi connectivity index (χ0) is 12.4. The largest absolute Gasteiger partial charge is 0.362 e. The number of hydrogen-bond acceptors (Lipinski definition) is 4. The number of rotatable bonds is 2. The lowest BCUT2D eigenvalue weighted by molar-refractivity contribution is 0.967. The summed E-state index contributed by atoms with van der Waals surface area (Å²) < 4.78 is 0. The maximum atomic E-state index is 4.50. The molecule has 4 nitrogen and oxygen atoms in total. The summed E-state index contributed by atoms with van der Waals surface area (Å²) in [6, 6.07) is 3.95. The molecule has 0 saturated heterocycles. The quantitative estimate of drug-likeness (QED) is 0.790. The molecule has 2 aromatic rings. The normalized spacial score (nSPS) is 10.4. The van der Waals surface area contributed by atoms with E-state index < -0.39 is 0 Å². The maximum absolute atomic E-state index is 4.50. The molecule has 0 bridgehead atoms. The Balaban J connectivity index is 2.68. The van der Waals surface area contributed by atoms with Crippen LogP contribution in [0.25, 0.3) is 11.1 Å². The second kappa shape index (κ2) is 4.49. The fourth-order valence-electron chi connectivity index (χ4n) is 1.87. The Morgan fingerprint density at radius 2 is 1.88 bits per heavy atom. The third-order valence-corrected chi connectivity index (χ3v) is 2.56. The van der Waals surface area contributed by atoms with Crippen molar-refractivity contribution in [2.45, 2.75) is 13.8 Å². The second-order valence-corrected chi connectivity index (χ2v) is 4.19. The molecule has 0 N–H and O–H groups in total. The molecule has 0 aromatic carbocycles. The van der Waals surface area contributed by atoms with Crippen LogP contribution in [0.3, 0.4) is 0 Å². The average molecular weight is 228 g/mol. The molecule has 0 spiro atoms. The van der Waals surface area contributed by atoms with Gasteiger partial charge in [-0.1, -0.05) is 6.07 Å². The van der Waals surface area contributed by atoms with Gasteiger partial charge in [-0.2, -0.15) is 0 Å². The van der Waals surface area contributed by atoms with E-state index in [4.69, 9.17) is 0 Å². The second-order valence-electron chi connectivity index (χ2n) is 4.19. The molecule has 17 heavy (non-hydrogen) atoms. The van der Waals surface area contributed by atoms with Gasteiger partial charge in [-0.25, -0.2) is 9.97 Å². The van der Waals surface area contributed by atoms with Crippen LogP contribution < -0.4 is 4.90 Å². The SMILES string of the molecule is Cc1nc(C)c(-c2cccnc2)c(N(C)C)n1. The lowest BCUT2D eigenvalue weighted by atomic mass is 10.1. The lowest BCUT2D eigenvalue weighted by Crippen LogP contribution is -2.14. The van der Waals surface area contributed by atoms with Crippen LogP contribution >= 0.6 is 0 Å². The van der Waals surface area contributed by atoms with Gasteiger partial charge in [-0.05, 0) is 19.9 Å². The number of aromatic nitrogens is 3. The van der Waals surface area contributed by atoms with Crippen molar-refractivity contribution in [3.63, 3.8) is 0 Å². The van der Waals surface area contributed by atoms with E-state index in [1.165, 1.54) is 0 Å². The van der Waals surface area contributed by atoms with Gasteiger partial charge in [0.2, 0.25) is 0 Å². The van der Waals surface area contributed by atoms with Crippen molar-refractivity contribution in [2.24, 2.45) is 0 Å². The summed E-state index contributed by atoms with van der Waals surface area (Å²) in [6.07, 6.45) is 3.61. The van der Waals surface area contributed by atoms with Gasteiger partial charge in [0.25, 0.3) is 0 Å². The third kappa shape index (κ3) is 2.25. The molecule has 0 amide bonds. The summed E-state index contributed by atoms with van der Waals surface area (Å²) in [7, 11) is 3.97. The Labute approximate surface area is 101 Å². The third-order valence-electron chi connectivity index (χ3n) is 2.56. The van der Waals surface area contributed by atoms with Crippen molar-refractivity contribution >= 4 is 5.82 Å². The topological polar surface area (TPSA) is 41.9 Å². The highest BCUT2D eigenvalue weighted by molar-refractivity contribution is 5.77. The highest BCUT2D eigenvalue weighted by atomic mass is 15.2. The molecule has 4 heteroatoms. The van der Waals surface area contributed by atoms with Crippen molar-refractivity contribution in [3.05, 3.63) is 36.0 Å². The zero-order valence-corrected chi connectivity index (χ0v) is 10.6. The van der Waals surface area contributed by atoms with Gasteiger partial charge in [-0.15, -0.1) is 0 Å². The van der Waals surface area contributed by atoms with Gasteiger partial charge < -0.3 is 4.90 Å². The molecule has 0 aliphatic carbocycles. The molecule has 2 heterocycles. The van der Waals surface area contributed by atoms with Crippen LogP contribution in [0.1, 0.15) is 11.5 Å². The summed E-state index contributed by atoms with van der Waals surface area (Å²) in [5.74, 6) is 1.72. The molecule has 0 saturated carbocycles. The first-order chi connectivity index (χ1) is 8.09. The van der Waals surface area contributed by atoms with Crippen LogP contribution in [0.5, 0.6) is 0 Å². The maximum Gasteiger partial charge on any atom is 0.140 e. The van der Waals surface area contributed by atoms with E-state index in [2.05, 4.69) is 15.0 Å². The fraction of sp³-hybridized carbons (Fsp3) is 0.308. The number of hydrogen-bond donors (Lipinski definition) is 0. The van der Waals surface area contributed by atoms with Gasteiger partial charge in [0.05, 0.1) is 5.69 Å². The number of anilines is 1. The van der Waals surface area contributed by atoms with Crippen LogP contribution in [0, 0.1) is 13.8 Å². The first kappa shape index (κ1) is 11.5. The van der Waals surface area contributed by atoms with E-state index in [0.717, 1.165) is 28.5 Å². The Morgan fingerprint density at radius 3 is 2.47 bits per heavy atom. The van der Waals surface area contributed by atoms with Crippen LogP contribution in [-0.4, -0.2) is 29.0 Å². The molecule has 2 rings (SSSR count). The van der Waals surface area contributed by atoms with E-state index in [9.17, 15) is 0 Å². The highest BCUT2D eigenvalue weighted by Gasteiger charge is 2.13. The summed E-state index contributed by atoms with van der Waals surface area (Å²) in [5, 5.41) is 0. The molecule has 88 valence electrons. The smallest absolute Gasteiger partial charge is 0.140 e. The van der Waals surface area contributed by atoms with E-state index in [1.807, 2.05) is 51.2 Å². The molecule has 0 fully saturated rings. The minimum Gasteiger partial charge on any atom is -0.362 e. The van der Waals surface area contributed by atoms with Crippen molar-refractivity contribution in [2.75, 3.05) is 19.0 Å². The van der Waals surface area contributed by atoms with E-state index in [-0.39, 0.29) is 0 Å². The fourth-order valence-corrected chi connectivity index (χ4v) is 1.87. The Hall–Kier alpha value is -1.97. The van der Waals surface area contributed by atoms with Gasteiger partial charge in [-0.3, -0.25) is 4.98 Å². The zero-order valence-electron chi connectivity index (χ0n) is 10.6. The number of pyridine rings is 1. The Bertz CT molecular complexity index is 520. The minimum absolute atomic E-state index is 0.791. The van der Waals surface area contributed by atoms with E-state index in [1.54, 1.807) is 6.20 Å². The van der Waals surface area contributed by atoms with Crippen molar-refractivity contribution in [1.82, 2.24) is 15.0 Å². The molecule has 0 radical (unpaired) electrons. The van der Waals surface area contributed by atoms with Gasteiger partial charge in [0, 0.05) is 37.6 Å². The van der Waals surface area contributed by atoms with Crippen LogP contribution in [0.15, 0.2) is 24.5 Å². The van der Waals surface area contributed by atoms with Gasteiger partial charge in [0.15, 0.2) is 0 Å². The predicted octanol–water partition coefficient (Wildman–Crippen LogP) is 2.22. The number of nitrogens with zero attached hydrogens (tertiary/aromatic N) is 4. The molecule has 0 aliphatic rings. The lowest BCUT2D eigenvalue weighted by Gasteiger charge is -2.18. The highest BCUT2D eigenvalue weighted by Crippen LogP contribution is 2.29. The van der Waals surface area contributed by atoms with Crippen LogP contribution in [0.4, 0.5) is 5.82 Å². The van der Waals surface area contributed by atoms with Gasteiger partial charge >= 0.3 is 0 Å². The van der Waals surface area contributed by atoms with Crippen molar-refractivity contribution in [3.8, 4) is 11.1 Å². The standard InChI is InChI=1S/C13H16N4/c1-9-12(11-6-5-7-14-8-11)13(17(3)4)16-10(2)15-9/h5-8H,1-4H3. The molecule has 2 aromatic heterocycles. The monoisotopic (exact) mass is 228 g/mol. The molecular weight excluding hydrogens is 212 g/mol. The average Bonchev–Trinajstić information content (AvgIpc) is 2.29. The van der Waals surface area contributed by atoms with Crippen LogP contribution in [0.2, 0.25) is 0 Å². The van der Waals surface area contributed by atoms with E-state index >= 15 is 0 Å². The Morgan fingerprint density at radius 1 is 1.12 bits per heavy atom. The first-order valence-corrected chi connectivity index (χ1v) is 5.52. The summed E-state index contributed by atoms with van der Waals surface area (Å²) in [6.45, 7) is 3.91. The summed E-state index contributed by atoms with van der Waals surface area (Å²) >= 11 is 0. The first-order valence-electron chi connectivity index (χ1n) is 5.52. The molecular formula is C13H16N4.